The van der Waals surface area contributed by atoms with Crippen LogP contribution in [0.2, 0.25) is 0 Å². The van der Waals surface area contributed by atoms with E-state index in [-0.39, 0.29) is 12.2 Å². The molecular formula is C16H23BF3N3O2. The SMILES string of the molecule is CC1(C)OB(C(=Cc2ccc(C(F)(F)F)cc2NN)CN)OC1(C)C. The topological polar surface area (TPSA) is 82.5 Å². The van der Waals surface area contributed by atoms with Crippen LogP contribution in [0.15, 0.2) is 23.7 Å². The Labute approximate surface area is 145 Å². The van der Waals surface area contributed by atoms with E-state index in [1.54, 1.807) is 6.08 Å². The molecule has 1 aromatic carbocycles. The van der Waals surface area contributed by atoms with E-state index in [4.69, 9.17) is 20.9 Å². The van der Waals surface area contributed by atoms with Crippen LogP contribution in [-0.2, 0) is 15.5 Å². The zero-order chi connectivity index (χ0) is 19.0. The van der Waals surface area contributed by atoms with Crippen molar-refractivity contribution in [1.82, 2.24) is 0 Å². The van der Waals surface area contributed by atoms with E-state index in [9.17, 15) is 13.2 Å². The van der Waals surface area contributed by atoms with Gasteiger partial charge in [-0.2, -0.15) is 13.2 Å². The van der Waals surface area contributed by atoms with Crippen molar-refractivity contribution in [1.29, 1.82) is 0 Å². The second-order valence-electron chi connectivity index (χ2n) is 6.96. The molecular weight excluding hydrogens is 334 g/mol. The molecule has 0 unspecified atom stereocenters. The summed E-state index contributed by atoms with van der Waals surface area (Å²) in [5.74, 6) is 5.38. The van der Waals surface area contributed by atoms with Crippen molar-refractivity contribution < 1.29 is 22.5 Å². The van der Waals surface area contributed by atoms with Crippen molar-refractivity contribution in [2.24, 2.45) is 11.6 Å². The monoisotopic (exact) mass is 357 g/mol. The minimum atomic E-state index is -4.45. The van der Waals surface area contributed by atoms with E-state index < -0.39 is 30.1 Å². The maximum Gasteiger partial charge on any atom is 0.491 e. The molecule has 0 bridgehead atoms. The number of anilines is 1. The van der Waals surface area contributed by atoms with Gasteiger partial charge in [-0.25, -0.2) is 0 Å². The lowest BCUT2D eigenvalue weighted by Crippen LogP contribution is -2.41. The molecule has 1 saturated heterocycles. The van der Waals surface area contributed by atoms with Gasteiger partial charge in [0.25, 0.3) is 0 Å². The number of hydrogen-bond acceptors (Lipinski definition) is 5. The second-order valence-corrected chi connectivity index (χ2v) is 6.96. The molecule has 9 heteroatoms. The molecule has 5 nitrogen and oxygen atoms in total. The zero-order valence-corrected chi connectivity index (χ0v) is 14.7. The van der Waals surface area contributed by atoms with Crippen LogP contribution in [0.25, 0.3) is 6.08 Å². The zero-order valence-electron chi connectivity index (χ0n) is 14.7. The third-order valence-electron chi connectivity index (χ3n) is 4.67. The lowest BCUT2D eigenvalue weighted by Gasteiger charge is -2.32. The van der Waals surface area contributed by atoms with Crippen molar-refractivity contribution in [2.75, 3.05) is 12.0 Å². The highest BCUT2D eigenvalue weighted by molar-refractivity contribution is 6.56. The first kappa shape index (κ1) is 19.8. The lowest BCUT2D eigenvalue weighted by molar-refractivity contribution is -0.137. The van der Waals surface area contributed by atoms with E-state index in [1.165, 1.54) is 6.07 Å². The van der Waals surface area contributed by atoms with Crippen molar-refractivity contribution in [2.45, 2.75) is 45.1 Å². The van der Waals surface area contributed by atoms with Crippen LogP contribution in [-0.4, -0.2) is 24.9 Å². The van der Waals surface area contributed by atoms with Crippen molar-refractivity contribution in [3.8, 4) is 0 Å². The Morgan fingerprint density at radius 3 is 2.20 bits per heavy atom. The number of halogens is 3. The summed E-state index contributed by atoms with van der Waals surface area (Å²) in [7, 11) is -0.678. The van der Waals surface area contributed by atoms with Gasteiger partial charge in [0.05, 0.1) is 22.5 Å². The highest BCUT2D eigenvalue weighted by Gasteiger charge is 2.52. The van der Waals surface area contributed by atoms with Gasteiger partial charge in [0.1, 0.15) is 0 Å². The summed E-state index contributed by atoms with van der Waals surface area (Å²) < 4.78 is 50.4. The number of hydrogen-bond donors (Lipinski definition) is 3. The first-order valence-electron chi connectivity index (χ1n) is 7.85. The molecule has 0 aromatic heterocycles. The van der Waals surface area contributed by atoms with E-state index in [0.717, 1.165) is 12.1 Å². The van der Waals surface area contributed by atoms with Crippen LogP contribution >= 0.6 is 0 Å². The molecule has 1 aromatic rings. The van der Waals surface area contributed by atoms with Crippen molar-refractivity contribution >= 4 is 18.9 Å². The molecule has 0 aliphatic carbocycles. The highest BCUT2D eigenvalue weighted by Crippen LogP contribution is 2.39. The number of nitrogen functional groups attached to an aromatic ring is 1. The third kappa shape index (κ3) is 4.00. The molecule has 1 aliphatic heterocycles. The van der Waals surface area contributed by atoms with Crippen molar-refractivity contribution in [3.05, 3.63) is 34.8 Å². The van der Waals surface area contributed by atoms with Crippen LogP contribution in [0.4, 0.5) is 18.9 Å². The molecule has 0 radical (unpaired) electrons. The van der Waals surface area contributed by atoms with Gasteiger partial charge in [0.15, 0.2) is 0 Å². The molecule has 138 valence electrons. The number of benzene rings is 1. The summed E-state index contributed by atoms with van der Waals surface area (Å²) in [6.45, 7) is 7.76. The molecule has 2 rings (SSSR count). The Kier molecular flexibility index (Phi) is 5.25. The molecule has 25 heavy (non-hydrogen) atoms. The fraction of sp³-hybridized carbons (Fsp3) is 0.500. The van der Waals surface area contributed by atoms with Crippen molar-refractivity contribution in [3.63, 3.8) is 0 Å². The smallest absolute Gasteiger partial charge is 0.400 e. The van der Waals surface area contributed by atoms with Gasteiger partial charge in [-0.1, -0.05) is 12.1 Å². The maximum atomic E-state index is 12.8. The number of rotatable bonds is 4. The van der Waals surface area contributed by atoms with Gasteiger partial charge >= 0.3 is 13.3 Å². The fourth-order valence-corrected chi connectivity index (χ4v) is 2.40. The van der Waals surface area contributed by atoms with Gasteiger partial charge in [0.2, 0.25) is 0 Å². The summed E-state index contributed by atoms with van der Waals surface area (Å²) >= 11 is 0. The van der Waals surface area contributed by atoms with Gasteiger partial charge in [-0.05, 0) is 50.9 Å². The largest absolute Gasteiger partial charge is 0.491 e. The molecule has 0 atom stereocenters. The quantitative estimate of drug-likeness (QED) is 0.439. The maximum absolute atomic E-state index is 12.8. The Balaban J connectivity index is 2.38. The predicted molar refractivity (Wildman–Crippen MR) is 92.4 cm³/mol. The molecule has 5 N–H and O–H groups in total. The highest BCUT2D eigenvalue weighted by atomic mass is 19.4. The standard InChI is InChI=1S/C16H23BF3N3O2/c1-14(2)15(3,4)25-17(24-14)12(9-21)7-10-5-6-11(16(18,19)20)8-13(10)23-22/h5-8,23H,9,21-22H2,1-4H3. The Hall–Kier alpha value is -1.55. The Bertz CT molecular complexity index is 659. The summed E-state index contributed by atoms with van der Waals surface area (Å²) in [4.78, 5) is 0. The van der Waals surface area contributed by atoms with Gasteiger partial charge < -0.3 is 20.5 Å². The number of alkyl halides is 3. The second kappa shape index (κ2) is 6.64. The lowest BCUT2D eigenvalue weighted by atomic mass is 9.77. The number of hydrazine groups is 1. The molecule has 0 spiro atoms. The molecule has 0 saturated carbocycles. The third-order valence-corrected chi connectivity index (χ3v) is 4.67. The summed E-state index contributed by atoms with van der Waals surface area (Å²) in [6, 6.07) is 3.27. The first-order valence-corrected chi connectivity index (χ1v) is 7.85. The normalized spacial score (nSPS) is 20.0. The van der Waals surface area contributed by atoms with Crippen LogP contribution in [0.3, 0.4) is 0 Å². The molecule has 1 fully saturated rings. The van der Waals surface area contributed by atoms with Crippen LogP contribution in [0, 0.1) is 0 Å². The van der Waals surface area contributed by atoms with E-state index in [2.05, 4.69) is 5.43 Å². The Morgan fingerprint density at radius 2 is 1.76 bits per heavy atom. The first-order chi connectivity index (χ1) is 11.4. The predicted octanol–water partition coefficient (Wildman–Crippen LogP) is 2.96. The fourth-order valence-electron chi connectivity index (χ4n) is 2.40. The Morgan fingerprint density at radius 1 is 1.20 bits per heavy atom. The molecule has 1 aliphatic rings. The number of nitrogens with one attached hydrogen (secondary N) is 1. The average Bonchev–Trinajstić information content (AvgIpc) is 2.71. The summed E-state index contributed by atoms with van der Waals surface area (Å²) in [5.41, 5.74) is 7.44. The molecule has 1 heterocycles. The summed E-state index contributed by atoms with van der Waals surface area (Å²) in [6.07, 6.45) is -2.81. The average molecular weight is 357 g/mol. The van der Waals surface area contributed by atoms with Crippen LogP contribution < -0.4 is 17.0 Å². The van der Waals surface area contributed by atoms with Crippen LogP contribution in [0.5, 0.6) is 0 Å². The molecule has 0 amide bonds. The van der Waals surface area contributed by atoms with E-state index >= 15 is 0 Å². The van der Waals surface area contributed by atoms with Gasteiger partial charge in [0, 0.05) is 6.54 Å². The minimum Gasteiger partial charge on any atom is -0.400 e. The number of nitrogens with two attached hydrogens (primary N) is 2. The van der Waals surface area contributed by atoms with Gasteiger partial charge in [-0.3, -0.25) is 5.84 Å². The summed E-state index contributed by atoms with van der Waals surface area (Å²) in [5, 5.41) is 0. The van der Waals surface area contributed by atoms with Crippen LogP contribution in [0.1, 0.15) is 38.8 Å². The minimum absolute atomic E-state index is 0.127. The van der Waals surface area contributed by atoms with Gasteiger partial charge in [-0.15, -0.1) is 0 Å². The van der Waals surface area contributed by atoms with E-state index in [1.807, 2.05) is 27.7 Å². The van der Waals surface area contributed by atoms with E-state index in [0.29, 0.717) is 11.0 Å².